The minimum absolute atomic E-state index is 0.736. The summed E-state index contributed by atoms with van der Waals surface area (Å²) in [5.74, 6) is 2.65. The van der Waals surface area contributed by atoms with Crippen molar-refractivity contribution in [3.8, 4) is 0 Å². The minimum atomic E-state index is 0.736. The normalized spacial score (nSPS) is 17.6. The zero-order chi connectivity index (χ0) is 11.4. The lowest BCUT2D eigenvalue weighted by Crippen LogP contribution is -2.32. The van der Waals surface area contributed by atoms with Crippen LogP contribution >= 0.6 is 11.8 Å². The summed E-state index contributed by atoms with van der Waals surface area (Å²) in [5, 5.41) is 3.71. The van der Waals surface area contributed by atoms with Crippen molar-refractivity contribution in [1.29, 1.82) is 0 Å². The molecule has 2 rings (SSSR count). The molecule has 1 aliphatic rings. The second-order valence-electron chi connectivity index (χ2n) is 4.64. The Morgan fingerprint density at radius 2 is 1.81 bits per heavy atom. The van der Waals surface area contributed by atoms with Gasteiger partial charge in [0.15, 0.2) is 0 Å². The number of rotatable bonds is 3. The Balaban J connectivity index is 1.93. The highest BCUT2D eigenvalue weighted by molar-refractivity contribution is 7.99. The fourth-order valence-electron chi connectivity index (χ4n) is 2.28. The van der Waals surface area contributed by atoms with Gasteiger partial charge in [0, 0.05) is 12.6 Å². The SMILES string of the molecule is Cc1cccc(C)c1CNC1CCSCC1. The number of hydrogen-bond donors (Lipinski definition) is 1. The average Bonchev–Trinajstić information content (AvgIpc) is 2.30. The maximum atomic E-state index is 3.71. The minimum Gasteiger partial charge on any atom is -0.310 e. The lowest BCUT2D eigenvalue weighted by molar-refractivity contribution is 0.481. The van der Waals surface area contributed by atoms with Crippen molar-refractivity contribution in [3.63, 3.8) is 0 Å². The highest BCUT2D eigenvalue weighted by atomic mass is 32.2. The maximum Gasteiger partial charge on any atom is 0.0213 e. The van der Waals surface area contributed by atoms with E-state index in [1.807, 2.05) is 0 Å². The van der Waals surface area contributed by atoms with Gasteiger partial charge in [-0.15, -0.1) is 0 Å². The molecule has 0 aromatic heterocycles. The van der Waals surface area contributed by atoms with Crippen LogP contribution < -0.4 is 5.32 Å². The molecule has 0 aliphatic carbocycles. The van der Waals surface area contributed by atoms with Gasteiger partial charge in [-0.2, -0.15) is 11.8 Å². The summed E-state index contributed by atoms with van der Waals surface area (Å²) in [6.07, 6.45) is 2.66. The van der Waals surface area contributed by atoms with E-state index in [-0.39, 0.29) is 0 Å². The first-order chi connectivity index (χ1) is 7.77. The third kappa shape index (κ3) is 3.02. The van der Waals surface area contributed by atoms with Crippen molar-refractivity contribution in [2.24, 2.45) is 0 Å². The van der Waals surface area contributed by atoms with Gasteiger partial charge in [-0.1, -0.05) is 18.2 Å². The molecule has 0 saturated carbocycles. The van der Waals surface area contributed by atoms with Gasteiger partial charge in [0.2, 0.25) is 0 Å². The van der Waals surface area contributed by atoms with Crippen molar-refractivity contribution in [2.75, 3.05) is 11.5 Å². The fourth-order valence-corrected chi connectivity index (χ4v) is 3.38. The molecule has 1 aliphatic heterocycles. The molecule has 0 bridgehead atoms. The zero-order valence-electron chi connectivity index (χ0n) is 10.3. The Bertz CT molecular complexity index is 322. The Labute approximate surface area is 103 Å². The second-order valence-corrected chi connectivity index (χ2v) is 5.86. The second kappa shape index (κ2) is 5.74. The third-order valence-corrected chi connectivity index (χ3v) is 4.48. The van der Waals surface area contributed by atoms with E-state index in [2.05, 4.69) is 49.1 Å². The molecule has 0 amide bonds. The van der Waals surface area contributed by atoms with E-state index in [1.54, 1.807) is 0 Å². The van der Waals surface area contributed by atoms with Gasteiger partial charge in [-0.25, -0.2) is 0 Å². The Kier molecular flexibility index (Phi) is 4.30. The highest BCUT2D eigenvalue weighted by Crippen LogP contribution is 2.18. The van der Waals surface area contributed by atoms with Crippen LogP contribution in [0.15, 0.2) is 18.2 Å². The van der Waals surface area contributed by atoms with E-state index >= 15 is 0 Å². The van der Waals surface area contributed by atoms with E-state index in [0.717, 1.165) is 12.6 Å². The molecule has 1 N–H and O–H groups in total. The number of thioether (sulfide) groups is 1. The van der Waals surface area contributed by atoms with E-state index in [0.29, 0.717) is 0 Å². The molecule has 1 aromatic carbocycles. The average molecular weight is 235 g/mol. The summed E-state index contributed by atoms with van der Waals surface area (Å²) in [6.45, 7) is 5.45. The number of benzene rings is 1. The van der Waals surface area contributed by atoms with Crippen LogP contribution in [-0.2, 0) is 6.54 Å². The first-order valence-electron chi connectivity index (χ1n) is 6.13. The zero-order valence-corrected chi connectivity index (χ0v) is 11.1. The van der Waals surface area contributed by atoms with E-state index in [9.17, 15) is 0 Å². The lowest BCUT2D eigenvalue weighted by atomic mass is 10.0. The molecule has 1 saturated heterocycles. The first-order valence-corrected chi connectivity index (χ1v) is 7.29. The van der Waals surface area contributed by atoms with Crippen LogP contribution in [0.1, 0.15) is 29.5 Å². The summed E-state index contributed by atoms with van der Waals surface area (Å²) < 4.78 is 0. The molecule has 1 fully saturated rings. The molecular weight excluding hydrogens is 214 g/mol. The lowest BCUT2D eigenvalue weighted by Gasteiger charge is -2.23. The van der Waals surface area contributed by atoms with E-state index < -0.39 is 0 Å². The van der Waals surface area contributed by atoms with Crippen molar-refractivity contribution in [3.05, 3.63) is 34.9 Å². The molecule has 0 unspecified atom stereocenters. The van der Waals surface area contributed by atoms with Gasteiger partial charge in [0.1, 0.15) is 0 Å². The third-order valence-electron chi connectivity index (χ3n) is 3.43. The molecule has 1 heterocycles. The van der Waals surface area contributed by atoms with Gasteiger partial charge >= 0.3 is 0 Å². The number of nitrogens with one attached hydrogen (secondary N) is 1. The van der Waals surface area contributed by atoms with Gasteiger partial charge in [0.25, 0.3) is 0 Å². The number of hydrogen-bond acceptors (Lipinski definition) is 2. The van der Waals surface area contributed by atoms with Crippen LogP contribution in [-0.4, -0.2) is 17.5 Å². The summed E-state index contributed by atoms with van der Waals surface area (Å²) in [7, 11) is 0. The molecule has 1 aromatic rings. The molecule has 88 valence electrons. The van der Waals surface area contributed by atoms with Gasteiger partial charge in [-0.3, -0.25) is 0 Å². The predicted octanol–water partition coefficient (Wildman–Crippen LogP) is 3.29. The summed E-state index contributed by atoms with van der Waals surface area (Å²) >= 11 is 2.09. The van der Waals surface area contributed by atoms with Crippen LogP contribution in [0.5, 0.6) is 0 Å². The molecule has 2 heteroatoms. The van der Waals surface area contributed by atoms with Crippen molar-refractivity contribution >= 4 is 11.8 Å². The van der Waals surface area contributed by atoms with Crippen molar-refractivity contribution in [2.45, 2.75) is 39.3 Å². The van der Waals surface area contributed by atoms with Gasteiger partial charge in [0.05, 0.1) is 0 Å². The van der Waals surface area contributed by atoms with E-state index in [1.165, 1.54) is 41.0 Å². The van der Waals surface area contributed by atoms with Crippen LogP contribution in [0.4, 0.5) is 0 Å². The molecular formula is C14H21NS. The Hall–Kier alpha value is -0.470. The topological polar surface area (TPSA) is 12.0 Å². The largest absolute Gasteiger partial charge is 0.310 e. The molecule has 0 radical (unpaired) electrons. The van der Waals surface area contributed by atoms with Gasteiger partial charge in [-0.05, 0) is 54.9 Å². The molecule has 16 heavy (non-hydrogen) atoms. The molecule has 1 nitrogen and oxygen atoms in total. The Morgan fingerprint density at radius 1 is 1.19 bits per heavy atom. The Morgan fingerprint density at radius 3 is 2.44 bits per heavy atom. The standard InChI is InChI=1S/C14H21NS/c1-11-4-3-5-12(2)14(11)10-15-13-6-8-16-9-7-13/h3-5,13,15H,6-10H2,1-2H3. The predicted molar refractivity (Wildman–Crippen MR) is 73.1 cm³/mol. The first kappa shape index (κ1) is 12.0. The monoisotopic (exact) mass is 235 g/mol. The highest BCUT2D eigenvalue weighted by Gasteiger charge is 2.13. The fraction of sp³-hybridized carbons (Fsp3) is 0.571. The van der Waals surface area contributed by atoms with Crippen LogP contribution in [0.25, 0.3) is 0 Å². The van der Waals surface area contributed by atoms with Crippen molar-refractivity contribution < 1.29 is 0 Å². The summed E-state index contributed by atoms with van der Waals surface area (Å²) in [4.78, 5) is 0. The van der Waals surface area contributed by atoms with Crippen molar-refractivity contribution in [1.82, 2.24) is 5.32 Å². The smallest absolute Gasteiger partial charge is 0.0213 e. The summed E-state index contributed by atoms with van der Waals surface area (Å²) in [5.41, 5.74) is 4.32. The van der Waals surface area contributed by atoms with Gasteiger partial charge < -0.3 is 5.32 Å². The number of aryl methyl sites for hydroxylation is 2. The molecule has 0 spiro atoms. The summed E-state index contributed by atoms with van der Waals surface area (Å²) in [6, 6.07) is 7.30. The van der Waals surface area contributed by atoms with Crippen LogP contribution in [0.2, 0.25) is 0 Å². The van der Waals surface area contributed by atoms with Crippen LogP contribution in [0, 0.1) is 13.8 Å². The van der Waals surface area contributed by atoms with E-state index in [4.69, 9.17) is 0 Å². The molecule has 0 atom stereocenters. The quantitative estimate of drug-likeness (QED) is 0.863. The van der Waals surface area contributed by atoms with Crippen LogP contribution in [0.3, 0.4) is 0 Å². The maximum absolute atomic E-state index is 3.71.